The average Bonchev–Trinajstić information content (AvgIpc) is 2.52. The quantitative estimate of drug-likeness (QED) is 0.595. The van der Waals surface area contributed by atoms with Crippen LogP contribution in [0.3, 0.4) is 0 Å². The van der Waals surface area contributed by atoms with E-state index < -0.39 is 0 Å². The fourth-order valence-corrected chi connectivity index (χ4v) is 2.35. The summed E-state index contributed by atoms with van der Waals surface area (Å²) in [6, 6.07) is 15.2. The minimum atomic E-state index is 0.104. The maximum absolute atomic E-state index is 12.3. The molecule has 0 fully saturated rings. The van der Waals surface area contributed by atoms with E-state index in [4.69, 9.17) is 17.0 Å². The fraction of sp³-hybridized carbons (Fsp3) is 0.176. The number of para-hydroxylation sites is 1. The van der Waals surface area contributed by atoms with Crippen LogP contribution in [0.15, 0.2) is 48.5 Å². The highest BCUT2D eigenvalue weighted by Crippen LogP contribution is 2.20. The van der Waals surface area contributed by atoms with Gasteiger partial charge in [-0.05, 0) is 23.6 Å². The molecule has 0 aliphatic rings. The molecule has 102 valence electrons. The number of benzene rings is 2. The second-order valence-electron chi connectivity index (χ2n) is 4.44. The fourth-order valence-electron chi connectivity index (χ4n) is 2.15. The van der Waals surface area contributed by atoms with Crippen molar-refractivity contribution in [1.29, 1.82) is 0 Å². The number of Topliss-reactive ketones (excluding diaryl/α,β-unsaturated/α-hetero) is 1. The standard InChI is InChI=1S/C17H16O2S/c1-19-17-9-5-3-6-13(17)10-11-16(18)15-8-4-2-7-14(15)12-20/h2-9,12H,10-11H2,1H3. The van der Waals surface area contributed by atoms with E-state index in [0.29, 0.717) is 18.4 Å². The van der Waals surface area contributed by atoms with Crippen LogP contribution in [0.4, 0.5) is 0 Å². The zero-order chi connectivity index (χ0) is 14.4. The third-order valence-electron chi connectivity index (χ3n) is 3.20. The molecule has 20 heavy (non-hydrogen) atoms. The maximum Gasteiger partial charge on any atom is 0.163 e. The molecular weight excluding hydrogens is 268 g/mol. The van der Waals surface area contributed by atoms with Crippen molar-refractivity contribution in [2.24, 2.45) is 0 Å². The van der Waals surface area contributed by atoms with Gasteiger partial charge in [0, 0.05) is 17.4 Å². The van der Waals surface area contributed by atoms with Crippen LogP contribution < -0.4 is 4.74 Å². The number of carbonyl (C=O) groups is 1. The average molecular weight is 284 g/mol. The lowest BCUT2D eigenvalue weighted by atomic mass is 9.99. The molecule has 3 heteroatoms. The minimum absolute atomic E-state index is 0.104. The van der Waals surface area contributed by atoms with Crippen molar-refractivity contribution in [3.05, 3.63) is 65.2 Å². The zero-order valence-electron chi connectivity index (χ0n) is 11.3. The number of hydrogen-bond acceptors (Lipinski definition) is 3. The summed E-state index contributed by atoms with van der Waals surface area (Å²) in [4.78, 5) is 12.3. The largest absolute Gasteiger partial charge is 0.496 e. The van der Waals surface area contributed by atoms with Gasteiger partial charge in [-0.15, -0.1) is 0 Å². The van der Waals surface area contributed by atoms with Crippen molar-refractivity contribution in [2.45, 2.75) is 12.8 Å². The third-order valence-corrected chi connectivity index (χ3v) is 3.46. The van der Waals surface area contributed by atoms with Crippen LogP contribution in [0.2, 0.25) is 0 Å². The van der Waals surface area contributed by atoms with E-state index >= 15 is 0 Å². The molecule has 0 aromatic heterocycles. The molecule has 0 radical (unpaired) electrons. The summed E-state index contributed by atoms with van der Waals surface area (Å²) in [5.74, 6) is 0.927. The number of rotatable bonds is 6. The monoisotopic (exact) mass is 284 g/mol. The van der Waals surface area contributed by atoms with E-state index in [1.54, 1.807) is 12.5 Å². The number of methoxy groups -OCH3 is 1. The van der Waals surface area contributed by atoms with Gasteiger partial charge in [0.1, 0.15) is 5.75 Å². The van der Waals surface area contributed by atoms with E-state index in [9.17, 15) is 4.79 Å². The van der Waals surface area contributed by atoms with Crippen LogP contribution in [-0.2, 0) is 6.42 Å². The summed E-state index contributed by atoms with van der Waals surface area (Å²) in [5.41, 5.74) is 2.55. The predicted octanol–water partition coefficient (Wildman–Crippen LogP) is 3.86. The van der Waals surface area contributed by atoms with Gasteiger partial charge in [-0.2, -0.15) is 0 Å². The van der Waals surface area contributed by atoms with Crippen molar-refractivity contribution in [3.63, 3.8) is 0 Å². The Balaban J connectivity index is 2.11. The van der Waals surface area contributed by atoms with Crippen molar-refractivity contribution in [3.8, 4) is 5.75 Å². The predicted molar refractivity (Wildman–Crippen MR) is 84.8 cm³/mol. The topological polar surface area (TPSA) is 26.3 Å². The summed E-state index contributed by atoms with van der Waals surface area (Å²) in [6.45, 7) is 0. The first-order valence-electron chi connectivity index (χ1n) is 6.45. The van der Waals surface area contributed by atoms with Gasteiger partial charge < -0.3 is 4.74 Å². The lowest BCUT2D eigenvalue weighted by molar-refractivity contribution is 0.0982. The second kappa shape index (κ2) is 6.96. The number of carbonyl (C=O) groups excluding carboxylic acids is 1. The Morgan fingerprint density at radius 3 is 2.60 bits per heavy atom. The van der Waals surface area contributed by atoms with E-state index in [-0.39, 0.29) is 5.78 Å². The van der Waals surface area contributed by atoms with Gasteiger partial charge in [0.25, 0.3) is 0 Å². The van der Waals surface area contributed by atoms with Gasteiger partial charge >= 0.3 is 0 Å². The van der Waals surface area contributed by atoms with Gasteiger partial charge in [0.05, 0.1) is 7.11 Å². The Kier molecular flexibility index (Phi) is 5.02. The summed E-state index contributed by atoms with van der Waals surface area (Å²) < 4.78 is 5.29. The van der Waals surface area contributed by atoms with Crippen molar-refractivity contribution in [2.75, 3.05) is 7.11 Å². The van der Waals surface area contributed by atoms with Crippen LogP contribution in [0, 0.1) is 0 Å². The first-order valence-corrected chi connectivity index (χ1v) is 6.92. The van der Waals surface area contributed by atoms with Crippen LogP contribution in [0.1, 0.15) is 27.9 Å². The first kappa shape index (κ1) is 14.4. The summed E-state index contributed by atoms with van der Waals surface area (Å²) in [7, 11) is 1.64. The SMILES string of the molecule is COc1ccccc1CCC(=O)c1ccccc1C=S. The molecule has 0 spiro atoms. The highest BCUT2D eigenvalue weighted by molar-refractivity contribution is 7.79. The molecule has 2 aromatic carbocycles. The second-order valence-corrected chi connectivity index (χ2v) is 4.68. The molecule has 0 saturated heterocycles. The Morgan fingerprint density at radius 2 is 1.85 bits per heavy atom. The van der Waals surface area contributed by atoms with E-state index in [1.807, 2.05) is 48.5 Å². The highest BCUT2D eigenvalue weighted by atomic mass is 32.1. The Hall–Kier alpha value is -2.00. The first-order chi connectivity index (χ1) is 9.76. The highest BCUT2D eigenvalue weighted by Gasteiger charge is 2.11. The number of hydrogen-bond donors (Lipinski definition) is 0. The Morgan fingerprint density at radius 1 is 1.15 bits per heavy atom. The minimum Gasteiger partial charge on any atom is -0.496 e. The van der Waals surface area contributed by atoms with Gasteiger partial charge in [0.2, 0.25) is 0 Å². The molecule has 0 unspecified atom stereocenters. The third kappa shape index (κ3) is 3.31. The summed E-state index contributed by atoms with van der Waals surface area (Å²) in [5, 5.41) is 1.55. The van der Waals surface area contributed by atoms with E-state index in [2.05, 4.69) is 0 Å². The number of aryl methyl sites for hydroxylation is 1. The van der Waals surface area contributed by atoms with Gasteiger partial charge in [-0.25, -0.2) is 0 Å². The van der Waals surface area contributed by atoms with Crippen LogP contribution in [-0.4, -0.2) is 18.3 Å². The molecule has 0 bridgehead atoms. The molecule has 0 N–H and O–H groups in total. The summed E-state index contributed by atoms with van der Waals surface area (Å²) in [6.07, 6.45) is 1.11. The van der Waals surface area contributed by atoms with Crippen LogP contribution >= 0.6 is 12.2 Å². The van der Waals surface area contributed by atoms with E-state index in [0.717, 1.165) is 16.9 Å². The molecule has 0 saturated carbocycles. The number of ketones is 1. The summed E-state index contributed by atoms with van der Waals surface area (Å²) >= 11 is 4.95. The molecule has 0 atom stereocenters. The molecule has 0 heterocycles. The lowest BCUT2D eigenvalue weighted by Gasteiger charge is -2.08. The zero-order valence-corrected chi connectivity index (χ0v) is 12.2. The molecule has 2 nitrogen and oxygen atoms in total. The molecule has 2 rings (SSSR count). The normalized spacial score (nSPS) is 10.1. The van der Waals surface area contributed by atoms with Gasteiger partial charge in [-0.3, -0.25) is 4.79 Å². The van der Waals surface area contributed by atoms with Crippen LogP contribution in [0.25, 0.3) is 0 Å². The van der Waals surface area contributed by atoms with E-state index in [1.165, 1.54) is 0 Å². The van der Waals surface area contributed by atoms with Crippen molar-refractivity contribution in [1.82, 2.24) is 0 Å². The van der Waals surface area contributed by atoms with Crippen molar-refractivity contribution >= 4 is 23.4 Å². The molecule has 0 amide bonds. The molecule has 0 aliphatic carbocycles. The Bertz CT molecular complexity index is 620. The van der Waals surface area contributed by atoms with Gasteiger partial charge in [0.15, 0.2) is 5.78 Å². The molecule has 2 aromatic rings. The number of thiocarbonyl (C=S) groups is 1. The molecular formula is C17H16O2S. The Labute approximate surface area is 124 Å². The smallest absolute Gasteiger partial charge is 0.163 e. The lowest BCUT2D eigenvalue weighted by Crippen LogP contribution is -2.05. The van der Waals surface area contributed by atoms with Crippen molar-refractivity contribution < 1.29 is 9.53 Å². The maximum atomic E-state index is 12.3. The van der Waals surface area contributed by atoms with Gasteiger partial charge in [-0.1, -0.05) is 54.7 Å². The number of ether oxygens (including phenoxy) is 1. The molecule has 0 aliphatic heterocycles. The van der Waals surface area contributed by atoms with Crippen LogP contribution in [0.5, 0.6) is 5.75 Å².